The van der Waals surface area contributed by atoms with Crippen LogP contribution in [-0.2, 0) is 0 Å². The van der Waals surface area contributed by atoms with E-state index in [1.807, 2.05) is 56.1 Å². The molecular formula is C19H21BrN2O2. The second-order valence-corrected chi connectivity index (χ2v) is 6.45. The molecule has 4 nitrogen and oxygen atoms in total. The van der Waals surface area contributed by atoms with Crippen LogP contribution in [0, 0.1) is 13.8 Å². The SMILES string of the molecule is CCN(C)C=Nc1cc(C)c(C(=O)Oc2ccccc2Br)cc1C. The topological polar surface area (TPSA) is 41.9 Å². The maximum atomic E-state index is 12.5. The van der Waals surface area contributed by atoms with E-state index in [2.05, 4.69) is 27.8 Å². The molecule has 0 heterocycles. The number of hydrogen-bond acceptors (Lipinski definition) is 3. The van der Waals surface area contributed by atoms with Crippen molar-refractivity contribution in [2.45, 2.75) is 20.8 Å². The highest BCUT2D eigenvalue weighted by molar-refractivity contribution is 9.10. The van der Waals surface area contributed by atoms with Crippen LogP contribution in [0.5, 0.6) is 5.75 Å². The van der Waals surface area contributed by atoms with Gasteiger partial charge in [-0.15, -0.1) is 0 Å². The van der Waals surface area contributed by atoms with E-state index in [-0.39, 0.29) is 5.97 Å². The molecule has 0 N–H and O–H groups in total. The smallest absolute Gasteiger partial charge is 0.343 e. The van der Waals surface area contributed by atoms with E-state index in [1.165, 1.54) is 0 Å². The first-order valence-corrected chi connectivity index (χ1v) is 8.54. The second-order valence-electron chi connectivity index (χ2n) is 5.59. The summed E-state index contributed by atoms with van der Waals surface area (Å²) in [6.07, 6.45) is 1.79. The predicted octanol–water partition coefficient (Wildman–Crippen LogP) is 4.90. The van der Waals surface area contributed by atoms with Gasteiger partial charge in [0.05, 0.1) is 22.1 Å². The van der Waals surface area contributed by atoms with Gasteiger partial charge in [-0.05, 0) is 72.1 Å². The van der Waals surface area contributed by atoms with Crippen molar-refractivity contribution in [3.63, 3.8) is 0 Å². The zero-order chi connectivity index (χ0) is 17.7. The first-order chi connectivity index (χ1) is 11.4. The Morgan fingerprint density at radius 2 is 1.96 bits per heavy atom. The van der Waals surface area contributed by atoms with E-state index in [1.54, 1.807) is 12.4 Å². The minimum absolute atomic E-state index is 0.372. The molecule has 2 aromatic carbocycles. The van der Waals surface area contributed by atoms with Crippen molar-refractivity contribution >= 4 is 33.9 Å². The summed E-state index contributed by atoms with van der Waals surface area (Å²) in [6, 6.07) is 11.0. The highest BCUT2D eigenvalue weighted by atomic mass is 79.9. The third kappa shape index (κ3) is 4.45. The molecule has 0 bridgehead atoms. The fraction of sp³-hybridized carbons (Fsp3) is 0.263. The molecule has 5 heteroatoms. The molecule has 0 aromatic heterocycles. The van der Waals surface area contributed by atoms with E-state index >= 15 is 0 Å². The van der Waals surface area contributed by atoms with Crippen LogP contribution < -0.4 is 4.74 Å². The lowest BCUT2D eigenvalue weighted by atomic mass is 10.0. The van der Waals surface area contributed by atoms with Crippen molar-refractivity contribution in [3.05, 3.63) is 57.6 Å². The highest BCUT2D eigenvalue weighted by Gasteiger charge is 2.15. The molecule has 0 saturated carbocycles. The number of aryl methyl sites for hydroxylation is 2. The van der Waals surface area contributed by atoms with Gasteiger partial charge < -0.3 is 9.64 Å². The van der Waals surface area contributed by atoms with Gasteiger partial charge in [-0.2, -0.15) is 0 Å². The lowest BCUT2D eigenvalue weighted by Gasteiger charge is -2.12. The summed E-state index contributed by atoms with van der Waals surface area (Å²) in [5.41, 5.74) is 3.17. The number of ether oxygens (including phenoxy) is 1. The maximum Gasteiger partial charge on any atom is 0.343 e. The van der Waals surface area contributed by atoms with Crippen molar-refractivity contribution < 1.29 is 9.53 Å². The standard InChI is InChI=1S/C19H21BrN2O2/c1-5-22(4)12-21-17-11-13(2)15(10-14(17)3)19(23)24-18-9-7-6-8-16(18)20/h6-12H,5H2,1-4H3. The molecule has 0 saturated heterocycles. The summed E-state index contributed by atoms with van der Waals surface area (Å²) >= 11 is 3.38. The van der Waals surface area contributed by atoms with Crippen molar-refractivity contribution in [1.82, 2.24) is 4.90 Å². The van der Waals surface area contributed by atoms with Crippen LogP contribution >= 0.6 is 15.9 Å². The lowest BCUT2D eigenvalue weighted by Crippen LogP contribution is -2.14. The molecule has 0 aliphatic rings. The Kier molecular flexibility index (Phi) is 6.15. The van der Waals surface area contributed by atoms with E-state index in [4.69, 9.17) is 4.74 Å². The number of para-hydroxylation sites is 1. The molecule has 0 spiro atoms. The zero-order valence-corrected chi connectivity index (χ0v) is 15.9. The van der Waals surface area contributed by atoms with E-state index in [0.717, 1.165) is 27.8 Å². The molecule has 126 valence electrons. The Labute approximate surface area is 151 Å². The molecule has 2 aromatic rings. The Hall–Kier alpha value is -2.14. The van der Waals surface area contributed by atoms with Crippen LogP contribution in [0.2, 0.25) is 0 Å². The number of benzene rings is 2. The summed E-state index contributed by atoms with van der Waals surface area (Å²) in [5, 5.41) is 0. The van der Waals surface area contributed by atoms with E-state index < -0.39 is 0 Å². The van der Waals surface area contributed by atoms with Crippen molar-refractivity contribution in [2.24, 2.45) is 4.99 Å². The third-order valence-electron chi connectivity index (χ3n) is 3.69. The minimum Gasteiger partial charge on any atom is -0.422 e. The molecule has 24 heavy (non-hydrogen) atoms. The second kappa shape index (κ2) is 8.11. The number of nitrogens with zero attached hydrogens (tertiary/aromatic N) is 2. The number of carbonyl (C=O) groups is 1. The van der Waals surface area contributed by atoms with Gasteiger partial charge in [0.15, 0.2) is 0 Å². The van der Waals surface area contributed by atoms with E-state index in [0.29, 0.717) is 11.3 Å². The first kappa shape index (κ1) is 18.2. The van der Waals surface area contributed by atoms with Crippen molar-refractivity contribution in [2.75, 3.05) is 13.6 Å². The largest absolute Gasteiger partial charge is 0.422 e. The fourth-order valence-electron chi connectivity index (χ4n) is 2.08. The van der Waals surface area contributed by atoms with Gasteiger partial charge in [-0.3, -0.25) is 0 Å². The van der Waals surface area contributed by atoms with Crippen LogP contribution in [0.4, 0.5) is 5.69 Å². The lowest BCUT2D eigenvalue weighted by molar-refractivity contribution is 0.0732. The maximum absolute atomic E-state index is 12.5. The summed E-state index contributed by atoms with van der Waals surface area (Å²) in [6.45, 7) is 6.77. The van der Waals surface area contributed by atoms with E-state index in [9.17, 15) is 4.79 Å². The summed E-state index contributed by atoms with van der Waals surface area (Å²) in [4.78, 5) is 18.9. The van der Waals surface area contributed by atoms with Crippen LogP contribution in [-0.4, -0.2) is 30.8 Å². The summed E-state index contributed by atoms with van der Waals surface area (Å²) in [7, 11) is 1.97. The highest BCUT2D eigenvalue weighted by Crippen LogP contribution is 2.27. The number of rotatable bonds is 5. The molecule has 0 unspecified atom stereocenters. The average molecular weight is 389 g/mol. The molecule has 0 amide bonds. The van der Waals surface area contributed by atoms with Crippen LogP contribution in [0.1, 0.15) is 28.4 Å². The van der Waals surface area contributed by atoms with Crippen molar-refractivity contribution in [1.29, 1.82) is 0 Å². The number of aliphatic imine (C=N–C) groups is 1. The molecule has 0 atom stereocenters. The van der Waals surface area contributed by atoms with Crippen LogP contribution in [0.15, 0.2) is 45.9 Å². The molecular weight excluding hydrogens is 368 g/mol. The first-order valence-electron chi connectivity index (χ1n) is 7.74. The molecule has 2 rings (SSSR count). The monoisotopic (exact) mass is 388 g/mol. The number of hydrogen-bond donors (Lipinski definition) is 0. The van der Waals surface area contributed by atoms with Crippen molar-refractivity contribution in [3.8, 4) is 5.75 Å². The summed E-state index contributed by atoms with van der Waals surface area (Å²) < 4.78 is 6.24. The Morgan fingerprint density at radius 3 is 2.62 bits per heavy atom. The minimum atomic E-state index is -0.372. The number of carbonyl (C=O) groups excluding carboxylic acids is 1. The fourth-order valence-corrected chi connectivity index (χ4v) is 2.45. The Bertz CT molecular complexity index is 772. The quantitative estimate of drug-likeness (QED) is 0.316. The molecule has 0 aliphatic carbocycles. The third-order valence-corrected chi connectivity index (χ3v) is 4.35. The summed E-state index contributed by atoms with van der Waals surface area (Å²) in [5.74, 6) is 0.134. The van der Waals surface area contributed by atoms with Gasteiger partial charge in [0.2, 0.25) is 0 Å². The Balaban J connectivity index is 2.25. The van der Waals surface area contributed by atoms with Crippen LogP contribution in [0.3, 0.4) is 0 Å². The van der Waals surface area contributed by atoms with Crippen LogP contribution in [0.25, 0.3) is 0 Å². The Morgan fingerprint density at radius 1 is 1.25 bits per heavy atom. The molecule has 0 aliphatic heterocycles. The normalized spacial score (nSPS) is 10.9. The molecule has 0 fully saturated rings. The predicted molar refractivity (Wildman–Crippen MR) is 101 cm³/mol. The zero-order valence-electron chi connectivity index (χ0n) is 14.3. The van der Waals surface area contributed by atoms with Gasteiger partial charge in [-0.25, -0.2) is 9.79 Å². The van der Waals surface area contributed by atoms with Gasteiger partial charge in [0, 0.05) is 13.6 Å². The molecule has 0 radical (unpaired) electrons. The van der Waals surface area contributed by atoms with Gasteiger partial charge in [0.1, 0.15) is 5.75 Å². The number of halogens is 1. The number of esters is 1. The average Bonchev–Trinajstić information content (AvgIpc) is 2.56. The van der Waals surface area contributed by atoms with Gasteiger partial charge in [-0.1, -0.05) is 12.1 Å². The van der Waals surface area contributed by atoms with Gasteiger partial charge in [0.25, 0.3) is 0 Å². The van der Waals surface area contributed by atoms with Gasteiger partial charge >= 0.3 is 5.97 Å².